The van der Waals surface area contributed by atoms with Gasteiger partial charge in [0, 0.05) is 26.1 Å². The van der Waals surface area contributed by atoms with E-state index >= 15 is 0 Å². The van der Waals surface area contributed by atoms with Crippen molar-refractivity contribution in [2.24, 2.45) is 5.73 Å². The van der Waals surface area contributed by atoms with Crippen LogP contribution in [0.5, 0.6) is 5.75 Å². The van der Waals surface area contributed by atoms with E-state index in [2.05, 4.69) is 10.1 Å². The summed E-state index contributed by atoms with van der Waals surface area (Å²) in [4.78, 5) is 18.4. The zero-order valence-corrected chi connectivity index (χ0v) is 13.6. The molecule has 2 heterocycles. The number of hydrogen-bond acceptors (Lipinski definition) is 6. The number of aromatic nitrogens is 2. The average molecular weight is 339 g/mol. The molecule has 0 radical (unpaired) electrons. The lowest BCUT2D eigenvalue weighted by atomic mass is 10.2. The van der Waals surface area contributed by atoms with Gasteiger partial charge in [0.05, 0.1) is 5.56 Å². The number of para-hydroxylation sites is 1. The SMILES string of the molecule is Cc1nc(COc2ccccc2C(=O)N2CC[C@@H](N)C2)no1.Cl. The molecule has 124 valence electrons. The van der Waals surface area contributed by atoms with Crippen LogP contribution < -0.4 is 10.5 Å². The molecule has 0 saturated carbocycles. The largest absolute Gasteiger partial charge is 0.485 e. The highest BCUT2D eigenvalue weighted by Gasteiger charge is 2.26. The first-order valence-corrected chi connectivity index (χ1v) is 7.19. The lowest BCUT2D eigenvalue weighted by Gasteiger charge is -2.17. The highest BCUT2D eigenvalue weighted by Crippen LogP contribution is 2.22. The molecule has 0 bridgehead atoms. The molecule has 1 atom stereocenters. The van der Waals surface area contributed by atoms with E-state index in [0.717, 1.165) is 6.42 Å². The number of nitrogens with zero attached hydrogens (tertiary/aromatic N) is 3. The summed E-state index contributed by atoms with van der Waals surface area (Å²) in [6.07, 6.45) is 0.830. The van der Waals surface area contributed by atoms with Gasteiger partial charge >= 0.3 is 0 Å². The van der Waals surface area contributed by atoms with E-state index in [9.17, 15) is 4.79 Å². The van der Waals surface area contributed by atoms with Gasteiger partial charge in [0.2, 0.25) is 11.7 Å². The van der Waals surface area contributed by atoms with Crippen LogP contribution in [0.15, 0.2) is 28.8 Å². The minimum Gasteiger partial charge on any atom is -0.485 e. The van der Waals surface area contributed by atoms with Crippen LogP contribution in [0.4, 0.5) is 0 Å². The quantitative estimate of drug-likeness (QED) is 0.909. The number of nitrogens with two attached hydrogens (primary N) is 1. The predicted molar refractivity (Wildman–Crippen MR) is 85.6 cm³/mol. The number of amides is 1. The van der Waals surface area contributed by atoms with Crippen molar-refractivity contribution >= 4 is 18.3 Å². The standard InChI is InChI=1S/C15H18N4O3.ClH/c1-10-17-14(18-22-10)9-21-13-5-3-2-4-12(13)15(20)19-7-6-11(16)8-19;/h2-5,11H,6-9,16H2,1H3;1H/t11-;/m1./s1. The maximum absolute atomic E-state index is 12.6. The van der Waals surface area contributed by atoms with Gasteiger partial charge in [0.25, 0.3) is 5.91 Å². The van der Waals surface area contributed by atoms with Crippen molar-refractivity contribution in [3.8, 4) is 5.75 Å². The molecular weight excluding hydrogens is 320 g/mol. The lowest BCUT2D eigenvalue weighted by Crippen LogP contribution is -2.32. The second-order valence-corrected chi connectivity index (χ2v) is 5.31. The Morgan fingerprint density at radius 3 is 2.91 bits per heavy atom. The highest BCUT2D eigenvalue weighted by atomic mass is 35.5. The number of ether oxygens (including phenoxy) is 1. The van der Waals surface area contributed by atoms with Crippen LogP contribution in [0, 0.1) is 6.92 Å². The zero-order chi connectivity index (χ0) is 15.5. The highest BCUT2D eigenvalue weighted by molar-refractivity contribution is 5.97. The molecule has 7 nitrogen and oxygen atoms in total. The van der Waals surface area contributed by atoms with Crippen LogP contribution in [0.1, 0.15) is 28.5 Å². The Bertz CT molecular complexity index is 676. The van der Waals surface area contributed by atoms with E-state index in [1.807, 2.05) is 12.1 Å². The number of likely N-dealkylation sites (tertiary alicyclic amines) is 1. The molecule has 1 aromatic carbocycles. The molecule has 1 fully saturated rings. The number of rotatable bonds is 4. The van der Waals surface area contributed by atoms with E-state index < -0.39 is 0 Å². The molecule has 8 heteroatoms. The Labute approximate surface area is 140 Å². The maximum atomic E-state index is 12.6. The Morgan fingerprint density at radius 2 is 2.26 bits per heavy atom. The first kappa shape index (κ1) is 17.2. The summed E-state index contributed by atoms with van der Waals surface area (Å²) >= 11 is 0. The van der Waals surface area contributed by atoms with E-state index in [0.29, 0.717) is 36.1 Å². The summed E-state index contributed by atoms with van der Waals surface area (Å²) < 4.78 is 10.6. The van der Waals surface area contributed by atoms with Crippen molar-refractivity contribution in [2.75, 3.05) is 13.1 Å². The minimum atomic E-state index is -0.0622. The number of halogens is 1. The third kappa shape index (κ3) is 4.00. The van der Waals surface area contributed by atoms with E-state index in [-0.39, 0.29) is 31.0 Å². The third-order valence-electron chi connectivity index (χ3n) is 3.56. The predicted octanol–water partition coefficient (Wildman–Crippen LogP) is 1.55. The molecule has 1 aromatic heterocycles. The average Bonchev–Trinajstić information content (AvgIpc) is 3.13. The Morgan fingerprint density at radius 1 is 1.48 bits per heavy atom. The van der Waals surface area contributed by atoms with Gasteiger partial charge in [-0.15, -0.1) is 12.4 Å². The summed E-state index contributed by atoms with van der Waals surface area (Å²) in [5.74, 6) is 1.38. The fourth-order valence-electron chi connectivity index (χ4n) is 2.45. The third-order valence-corrected chi connectivity index (χ3v) is 3.56. The maximum Gasteiger partial charge on any atom is 0.257 e. The summed E-state index contributed by atoms with van der Waals surface area (Å²) in [5, 5.41) is 3.77. The number of hydrogen-bond donors (Lipinski definition) is 1. The topological polar surface area (TPSA) is 94.5 Å². The van der Waals surface area contributed by atoms with Gasteiger partial charge in [-0.2, -0.15) is 4.98 Å². The van der Waals surface area contributed by atoms with Crippen molar-refractivity contribution in [1.29, 1.82) is 0 Å². The van der Waals surface area contributed by atoms with Crippen molar-refractivity contribution in [1.82, 2.24) is 15.0 Å². The molecule has 1 aliphatic heterocycles. The lowest BCUT2D eigenvalue weighted by molar-refractivity contribution is 0.0785. The van der Waals surface area contributed by atoms with Crippen LogP contribution in [0.25, 0.3) is 0 Å². The minimum absolute atomic E-state index is 0. The molecule has 0 spiro atoms. The van der Waals surface area contributed by atoms with Crippen molar-refractivity contribution in [3.63, 3.8) is 0 Å². The van der Waals surface area contributed by atoms with Crippen molar-refractivity contribution in [3.05, 3.63) is 41.5 Å². The van der Waals surface area contributed by atoms with Crippen LogP contribution in [0.3, 0.4) is 0 Å². The molecule has 23 heavy (non-hydrogen) atoms. The zero-order valence-electron chi connectivity index (χ0n) is 12.8. The summed E-state index contributed by atoms with van der Waals surface area (Å²) in [5.41, 5.74) is 6.39. The second kappa shape index (κ2) is 7.43. The van der Waals surface area contributed by atoms with Crippen LogP contribution in [0.2, 0.25) is 0 Å². The Hall–Kier alpha value is -2.12. The fraction of sp³-hybridized carbons (Fsp3) is 0.400. The number of carbonyl (C=O) groups excluding carboxylic acids is 1. The van der Waals surface area contributed by atoms with Gasteiger partial charge in [-0.25, -0.2) is 0 Å². The molecule has 3 rings (SSSR count). The van der Waals surface area contributed by atoms with Crippen LogP contribution in [-0.2, 0) is 6.61 Å². The van der Waals surface area contributed by atoms with E-state index in [4.69, 9.17) is 15.0 Å². The number of benzene rings is 1. The molecular formula is C15H19ClN4O3. The fourth-order valence-corrected chi connectivity index (χ4v) is 2.45. The van der Waals surface area contributed by atoms with E-state index in [1.165, 1.54) is 0 Å². The molecule has 2 aromatic rings. The summed E-state index contributed by atoms with van der Waals surface area (Å²) in [7, 11) is 0. The molecule has 0 unspecified atom stereocenters. The molecule has 2 N–H and O–H groups in total. The molecule has 1 aliphatic rings. The van der Waals surface area contributed by atoms with Crippen LogP contribution >= 0.6 is 12.4 Å². The van der Waals surface area contributed by atoms with Gasteiger partial charge in [-0.1, -0.05) is 17.3 Å². The van der Waals surface area contributed by atoms with Gasteiger partial charge < -0.3 is 19.9 Å². The van der Waals surface area contributed by atoms with Crippen molar-refractivity contribution < 1.29 is 14.1 Å². The number of aryl methyl sites for hydroxylation is 1. The van der Waals surface area contributed by atoms with Gasteiger partial charge in [-0.05, 0) is 18.6 Å². The second-order valence-electron chi connectivity index (χ2n) is 5.31. The Balaban J connectivity index is 0.00000192. The molecule has 1 amide bonds. The van der Waals surface area contributed by atoms with E-state index in [1.54, 1.807) is 24.0 Å². The molecule has 1 saturated heterocycles. The normalized spacial score (nSPS) is 17.0. The monoisotopic (exact) mass is 338 g/mol. The summed E-state index contributed by atoms with van der Waals surface area (Å²) in [6.45, 7) is 3.13. The van der Waals surface area contributed by atoms with Gasteiger partial charge in [0.1, 0.15) is 5.75 Å². The Kier molecular flexibility index (Phi) is 5.57. The van der Waals surface area contributed by atoms with Crippen LogP contribution in [-0.4, -0.2) is 40.1 Å². The molecule has 0 aliphatic carbocycles. The van der Waals surface area contributed by atoms with Gasteiger partial charge in [0.15, 0.2) is 6.61 Å². The number of carbonyl (C=O) groups is 1. The van der Waals surface area contributed by atoms with Gasteiger partial charge in [-0.3, -0.25) is 4.79 Å². The first-order chi connectivity index (χ1) is 10.6. The smallest absolute Gasteiger partial charge is 0.257 e. The first-order valence-electron chi connectivity index (χ1n) is 7.19. The summed E-state index contributed by atoms with van der Waals surface area (Å²) in [6, 6.07) is 7.20. The van der Waals surface area contributed by atoms with Crippen molar-refractivity contribution in [2.45, 2.75) is 26.0 Å².